The van der Waals surface area contributed by atoms with Crippen molar-refractivity contribution in [1.82, 2.24) is 0 Å². The monoisotopic (exact) mass is 208 g/mol. The van der Waals surface area contributed by atoms with Crippen LogP contribution in [-0.2, 0) is 0 Å². The smallest absolute Gasteiger partial charge is 0.252 e. The Morgan fingerprint density at radius 1 is 1.07 bits per heavy atom. The SMILES string of the molecule is O=C(Cl)c1ccc2cc(F)ccc2c1. The van der Waals surface area contributed by atoms with Crippen LogP contribution in [0.25, 0.3) is 10.8 Å². The number of hydrogen-bond donors (Lipinski definition) is 0. The van der Waals surface area contributed by atoms with Crippen molar-refractivity contribution < 1.29 is 9.18 Å². The van der Waals surface area contributed by atoms with E-state index in [0.29, 0.717) is 5.56 Å². The molecule has 0 aliphatic carbocycles. The lowest BCUT2D eigenvalue weighted by atomic mass is 10.1. The molecule has 2 aromatic carbocycles. The second kappa shape index (κ2) is 3.39. The van der Waals surface area contributed by atoms with Crippen molar-refractivity contribution in [2.75, 3.05) is 0 Å². The molecule has 0 saturated carbocycles. The molecule has 0 saturated heterocycles. The average molecular weight is 209 g/mol. The zero-order valence-electron chi connectivity index (χ0n) is 7.13. The van der Waals surface area contributed by atoms with Gasteiger partial charge in [0.2, 0.25) is 0 Å². The van der Waals surface area contributed by atoms with E-state index >= 15 is 0 Å². The highest BCUT2D eigenvalue weighted by molar-refractivity contribution is 6.67. The minimum absolute atomic E-state index is 0.289. The van der Waals surface area contributed by atoms with Crippen LogP contribution in [0.3, 0.4) is 0 Å². The van der Waals surface area contributed by atoms with E-state index in [4.69, 9.17) is 11.6 Å². The first-order valence-corrected chi connectivity index (χ1v) is 4.44. The van der Waals surface area contributed by atoms with E-state index in [1.807, 2.05) is 0 Å². The van der Waals surface area contributed by atoms with Crippen LogP contribution in [0.5, 0.6) is 0 Å². The van der Waals surface area contributed by atoms with E-state index in [-0.39, 0.29) is 5.82 Å². The summed E-state index contributed by atoms with van der Waals surface area (Å²) in [5.74, 6) is -0.289. The van der Waals surface area contributed by atoms with Gasteiger partial charge in [-0.2, -0.15) is 0 Å². The molecule has 0 fully saturated rings. The van der Waals surface area contributed by atoms with Gasteiger partial charge >= 0.3 is 0 Å². The summed E-state index contributed by atoms with van der Waals surface area (Å²) in [7, 11) is 0. The van der Waals surface area contributed by atoms with E-state index in [1.165, 1.54) is 12.1 Å². The summed E-state index contributed by atoms with van der Waals surface area (Å²) in [6.45, 7) is 0. The average Bonchev–Trinajstić information content (AvgIpc) is 2.16. The molecule has 0 unspecified atom stereocenters. The molecular weight excluding hydrogens is 203 g/mol. The van der Waals surface area contributed by atoms with Gasteiger partial charge in [-0.05, 0) is 46.6 Å². The maximum atomic E-state index is 12.8. The molecule has 0 aliphatic heterocycles. The van der Waals surface area contributed by atoms with Crippen LogP contribution in [0, 0.1) is 5.82 Å². The third kappa shape index (κ3) is 1.61. The summed E-state index contributed by atoms with van der Waals surface area (Å²) in [6, 6.07) is 9.28. The van der Waals surface area contributed by atoms with Gasteiger partial charge in [0.15, 0.2) is 0 Å². The van der Waals surface area contributed by atoms with Crippen LogP contribution in [0.15, 0.2) is 36.4 Å². The van der Waals surface area contributed by atoms with Crippen molar-refractivity contribution in [3.05, 3.63) is 47.8 Å². The van der Waals surface area contributed by atoms with Gasteiger partial charge in [-0.15, -0.1) is 0 Å². The molecule has 0 heterocycles. The van der Waals surface area contributed by atoms with Crippen LogP contribution >= 0.6 is 11.6 Å². The molecule has 0 N–H and O–H groups in total. The van der Waals surface area contributed by atoms with E-state index in [2.05, 4.69) is 0 Å². The minimum atomic E-state index is -0.503. The third-order valence-electron chi connectivity index (χ3n) is 2.03. The number of halogens is 2. The van der Waals surface area contributed by atoms with Crippen molar-refractivity contribution in [2.24, 2.45) is 0 Å². The van der Waals surface area contributed by atoms with Crippen molar-refractivity contribution in [3.8, 4) is 0 Å². The Morgan fingerprint density at radius 3 is 2.43 bits per heavy atom. The number of rotatable bonds is 1. The van der Waals surface area contributed by atoms with Crippen LogP contribution < -0.4 is 0 Å². The summed E-state index contributed by atoms with van der Waals surface area (Å²) in [5.41, 5.74) is 0.422. The van der Waals surface area contributed by atoms with Crippen molar-refractivity contribution >= 4 is 27.6 Å². The molecule has 70 valence electrons. The van der Waals surface area contributed by atoms with Gasteiger partial charge < -0.3 is 0 Å². The Labute approximate surface area is 85.1 Å². The lowest BCUT2D eigenvalue weighted by Gasteiger charge is -1.99. The second-order valence-corrected chi connectivity index (χ2v) is 3.32. The summed E-state index contributed by atoms with van der Waals surface area (Å²) in [6.07, 6.45) is 0. The van der Waals surface area contributed by atoms with Gasteiger partial charge in [0.25, 0.3) is 5.24 Å². The molecular formula is C11H6ClFO. The zero-order valence-corrected chi connectivity index (χ0v) is 7.88. The molecule has 0 amide bonds. The fourth-order valence-electron chi connectivity index (χ4n) is 1.34. The van der Waals surface area contributed by atoms with Crippen molar-refractivity contribution in [3.63, 3.8) is 0 Å². The van der Waals surface area contributed by atoms with Gasteiger partial charge in [0.05, 0.1) is 0 Å². The van der Waals surface area contributed by atoms with Crippen molar-refractivity contribution in [2.45, 2.75) is 0 Å². The molecule has 14 heavy (non-hydrogen) atoms. The number of benzene rings is 2. The van der Waals surface area contributed by atoms with Crippen LogP contribution in [0.2, 0.25) is 0 Å². The van der Waals surface area contributed by atoms with Crippen LogP contribution in [0.1, 0.15) is 10.4 Å². The fourth-order valence-corrected chi connectivity index (χ4v) is 1.46. The van der Waals surface area contributed by atoms with Crippen LogP contribution in [-0.4, -0.2) is 5.24 Å². The fraction of sp³-hybridized carbons (Fsp3) is 0. The first kappa shape index (κ1) is 9.16. The predicted molar refractivity (Wildman–Crippen MR) is 54.1 cm³/mol. The molecule has 0 aromatic heterocycles. The second-order valence-electron chi connectivity index (χ2n) is 2.98. The van der Waals surface area contributed by atoms with Gasteiger partial charge in [0.1, 0.15) is 5.82 Å². The highest BCUT2D eigenvalue weighted by Gasteiger charge is 2.02. The number of carbonyl (C=O) groups excluding carboxylic acids is 1. The molecule has 0 bridgehead atoms. The third-order valence-corrected chi connectivity index (χ3v) is 2.25. The predicted octanol–water partition coefficient (Wildman–Crippen LogP) is 3.36. The number of hydrogen-bond acceptors (Lipinski definition) is 1. The molecule has 0 spiro atoms. The van der Waals surface area contributed by atoms with E-state index < -0.39 is 5.24 Å². The maximum Gasteiger partial charge on any atom is 0.252 e. The Morgan fingerprint density at radius 2 is 1.71 bits per heavy atom. The molecule has 3 heteroatoms. The quantitative estimate of drug-likeness (QED) is 0.657. The first-order valence-electron chi connectivity index (χ1n) is 4.06. The van der Waals surface area contributed by atoms with E-state index in [9.17, 15) is 9.18 Å². The van der Waals surface area contributed by atoms with Crippen molar-refractivity contribution in [1.29, 1.82) is 0 Å². The van der Waals surface area contributed by atoms with Gasteiger partial charge in [-0.3, -0.25) is 4.79 Å². The molecule has 1 nitrogen and oxygen atoms in total. The lowest BCUT2D eigenvalue weighted by molar-refractivity contribution is 0.108. The van der Waals surface area contributed by atoms with E-state index in [1.54, 1.807) is 24.3 Å². The Kier molecular flexibility index (Phi) is 2.22. The molecule has 2 rings (SSSR count). The highest BCUT2D eigenvalue weighted by atomic mass is 35.5. The summed E-state index contributed by atoms with van der Waals surface area (Å²) in [4.78, 5) is 10.8. The Balaban J connectivity index is 2.67. The maximum absolute atomic E-state index is 12.8. The first-order chi connectivity index (χ1) is 6.66. The van der Waals surface area contributed by atoms with E-state index in [0.717, 1.165) is 10.8 Å². The van der Waals surface area contributed by atoms with Gasteiger partial charge in [-0.1, -0.05) is 12.1 Å². The standard InChI is InChI=1S/C11H6ClFO/c12-11(14)9-2-1-8-6-10(13)4-3-7(8)5-9/h1-6H. The van der Waals surface area contributed by atoms with Crippen LogP contribution in [0.4, 0.5) is 4.39 Å². The Bertz CT molecular complexity index is 508. The number of fused-ring (bicyclic) bond motifs is 1. The summed E-state index contributed by atoms with van der Waals surface area (Å²) >= 11 is 5.32. The number of carbonyl (C=O) groups is 1. The zero-order chi connectivity index (χ0) is 10.1. The molecule has 0 radical (unpaired) electrons. The highest BCUT2D eigenvalue weighted by Crippen LogP contribution is 2.18. The minimum Gasteiger partial charge on any atom is -0.276 e. The Hall–Kier alpha value is -1.41. The molecule has 0 aliphatic rings. The molecule has 2 aromatic rings. The van der Waals surface area contributed by atoms with Gasteiger partial charge in [0, 0.05) is 5.56 Å². The topological polar surface area (TPSA) is 17.1 Å². The van der Waals surface area contributed by atoms with Gasteiger partial charge in [-0.25, -0.2) is 4.39 Å². The molecule has 0 atom stereocenters. The summed E-state index contributed by atoms with van der Waals surface area (Å²) in [5, 5.41) is 1.06. The summed E-state index contributed by atoms with van der Waals surface area (Å²) < 4.78 is 12.8. The lowest BCUT2D eigenvalue weighted by Crippen LogP contribution is -1.88. The normalized spacial score (nSPS) is 10.4. The largest absolute Gasteiger partial charge is 0.276 e.